The molecule has 2 unspecified atom stereocenters. The van der Waals surface area contributed by atoms with E-state index < -0.39 is 0 Å². The number of aromatic amines is 1. The molecule has 0 saturated heterocycles. The topological polar surface area (TPSA) is 54.7 Å². The Balaban J connectivity index is 1.68. The lowest BCUT2D eigenvalue weighted by Crippen LogP contribution is -2.27. The van der Waals surface area contributed by atoms with Gasteiger partial charge in [-0.3, -0.25) is 0 Å². The number of nitrogens with zero attached hydrogens (tertiary/aromatic N) is 1. The van der Waals surface area contributed by atoms with Crippen LogP contribution in [-0.2, 0) is 0 Å². The molecule has 1 aromatic heterocycles. The maximum atomic E-state index is 6.07. The second-order valence-corrected chi connectivity index (χ2v) is 6.18. The second kappa shape index (κ2) is 5.43. The van der Waals surface area contributed by atoms with Crippen molar-refractivity contribution in [2.75, 3.05) is 0 Å². The lowest BCUT2D eigenvalue weighted by Gasteiger charge is -2.25. The van der Waals surface area contributed by atoms with E-state index in [0.29, 0.717) is 12.0 Å². The van der Waals surface area contributed by atoms with Crippen molar-refractivity contribution < 1.29 is 0 Å². The molecule has 100 valence electrons. The van der Waals surface area contributed by atoms with Gasteiger partial charge in [0.2, 0.25) is 0 Å². The zero-order chi connectivity index (χ0) is 12.4. The third kappa shape index (κ3) is 2.61. The van der Waals surface area contributed by atoms with Gasteiger partial charge in [-0.2, -0.15) is 0 Å². The fraction of sp³-hybridized carbons (Fsp3) is 0.800. The maximum Gasteiger partial charge on any atom is 0.109 e. The van der Waals surface area contributed by atoms with Crippen LogP contribution in [0.25, 0.3) is 0 Å². The van der Waals surface area contributed by atoms with Crippen LogP contribution in [0.2, 0.25) is 0 Å². The summed E-state index contributed by atoms with van der Waals surface area (Å²) < 4.78 is 0. The van der Waals surface area contributed by atoms with Gasteiger partial charge in [-0.05, 0) is 32.1 Å². The van der Waals surface area contributed by atoms with Gasteiger partial charge >= 0.3 is 0 Å². The van der Waals surface area contributed by atoms with Crippen molar-refractivity contribution >= 4 is 0 Å². The van der Waals surface area contributed by atoms with Gasteiger partial charge in [-0.25, -0.2) is 4.98 Å². The quantitative estimate of drug-likeness (QED) is 0.841. The summed E-state index contributed by atoms with van der Waals surface area (Å²) in [6.07, 6.45) is 13.7. The number of aromatic nitrogens is 2. The molecule has 0 aromatic carbocycles. The van der Waals surface area contributed by atoms with Crippen molar-refractivity contribution in [1.29, 1.82) is 0 Å². The average molecular weight is 247 g/mol. The average Bonchev–Trinajstić information content (AvgIpc) is 2.89. The third-order valence-electron chi connectivity index (χ3n) is 4.76. The van der Waals surface area contributed by atoms with Crippen molar-refractivity contribution in [3.8, 4) is 0 Å². The van der Waals surface area contributed by atoms with E-state index in [4.69, 9.17) is 5.73 Å². The normalized spacial score (nSPS) is 30.5. The molecule has 3 heteroatoms. The Kier molecular flexibility index (Phi) is 3.69. The third-order valence-corrected chi connectivity index (χ3v) is 4.76. The van der Waals surface area contributed by atoms with Crippen LogP contribution in [0.5, 0.6) is 0 Å². The molecular weight excluding hydrogens is 222 g/mol. The van der Waals surface area contributed by atoms with E-state index in [1.807, 2.05) is 0 Å². The highest BCUT2D eigenvalue weighted by Crippen LogP contribution is 2.34. The Labute approximate surface area is 110 Å². The molecule has 3 N–H and O–H groups in total. The van der Waals surface area contributed by atoms with E-state index in [2.05, 4.69) is 16.2 Å². The predicted molar refractivity (Wildman–Crippen MR) is 73.6 cm³/mol. The van der Waals surface area contributed by atoms with E-state index in [1.54, 1.807) is 0 Å². The standard InChI is InChI=1S/C15H25N3/c16-13-8-4-7-12(9-13)15-17-10-14(18-15)11-5-2-1-3-6-11/h10-13H,1-9,16H2,(H,17,18). The molecule has 0 aliphatic heterocycles. The van der Waals surface area contributed by atoms with Crippen molar-refractivity contribution in [1.82, 2.24) is 9.97 Å². The summed E-state index contributed by atoms with van der Waals surface area (Å²) in [6, 6.07) is 0.381. The van der Waals surface area contributed by atoms with Crippen LogP contribution in [0.15, 0.2) is 6.20 Å². The largest absolute Gasteiger partial charge is 0.345 e. The zero-order valence-electron chi connectivity index (χ0n) is 11.2. The molecule has 2 aliphatic carbocycles. The zero-order valence-corrected chi connectivity index (χ0v) is 11.2. The van der Waals surface area contributed by atoms with Crippen molar-refractivity contribution in [3.05, 3.63) is 17.7 Å². The molecule has 1 heterocycles. The highest BCUT2D eigenvalue weighted by Gasteiger charge is 2.24. The first-order valence-electron chi connectivity index (χ1n) is 7.63. The van der Waals surface area contributed by atoms with Gasteiger partial charge in [0.1, 0.15) is 5.82 Å². The Morgan fingerprint density at radius 3 is 2.56 bits per heavy atom. The molecule has 0 spiro atoms. The Morgan fingerprint density at radius 2 is 1.78 bits per heavy atom. The van der Waals surface area contributed by atoms with E-state index in [9.17, 15) is 0 Å². The summed E-state index contributed by atoms with van der Waals surface area (Å²) in [5.74, 6) is 2.51. The smallest absolute Gasteiger partial charge is 0.109 e. The monoisotopic (exact) mass is 247 g/mol. The Morgan fingerprint density at radius 1 is 1.00 bits per heavy atom. The molecule has 0 amide bonds. The van der Waals surface area contributed by atoms with Gasteiger partial charge < -0.3 is 10.7 Å². The first-order valence-corrected chi connectivity index (χ1v) is 7.63. The molecule has 3 rings (SSSR count). The summed E-state index contributed by atoms with van der Waals surface area (Å²) in [5, 5.41) is 0. The first-order chi connectivity index (χ1) is 8.83. The molecule has 2 saturated carbocycles. The SMILES string of the molecule is NC1CCCC(c2ncc(C3CCCCC3)[nH]2)C1. The van der Waals surface area contributed by atoms with Crippen LogP contribution in [-0.4, -0.2) is 16.0 Å². The molecule has 3 nitrogen and oxygen atoms in total. The molecule has 18 heavy (non-hydrogen) atoms. The number of hydrogen-bond donors (Lipinski definition) is 2. The van der Waals surface area contributed by atoms with Crippen LogP contribution < -0.4 is 5.73 Å². The summed E-state index contributed by atoms with van der Waals surface area (Å²) >= 11 is 0. The molecule has 0 bridgehead atoms. The van der Waals surface area contributed by atoms with Gasteiger partial charge in [-0.15, -0.1) is 0 Å². The molecule has 1 aromatic rings. The lowest BCUT2D eigenvalue weighted by molar-refractivity contribution is 0.382. The Bertz CT molecular complexity index is 379. The van der Waals surface area contributed by atoms with Gasteiger partial charge in [0, 0.05) is 29.8 Å². The molecule has 2 aliphatic rings. The van der Waals surface area contributed by atoms with E-state index in [-0.39, 0.29) is 0 Å². The highest BCUT2D eigenvalue weighted by atomic mass is 14.9. The number of hydrogen-bond acceptors (Lipinski definition) is 2. The minimum absolute atomic E-state index is 0.381. The fourth-order valence-electron chi connectivity index (χ4n) is 3.66. The van der Waals surface area contributed by atoms with Crippen LogP contribution >= 0.6 is 0 Å². The molecule has 2 fully saturated rings. The lowest BCUT2D eigenvalue weighted by atomic mass is 9.85. The summed E-state index contributed by atoms with van der Waals surface area (Å²) in [6.45, 7) is 0. The van der Waals surface area contributed by atoms with E-state index in [0.717, 1.165) is 12.3 Å². The number of H-pyrrole nitrogens is 1. The minimum atomic E-state index is 0.381. The fourth-order valence-corrected chi connectivity index (χ4v) is 3.66. The number of rotatable bonds is 2. The van der Waals surface area contributed by atoms with Gasteiger partial charge in [0.05, 0.1) is 0 Å². The number of nitrogens with two attached hydrogens (primary N) is 1. The Hall–Kier alpha value is -0.830. The highest BCUT2D eigenvalue weighted by molar-refractivity contribution is 5.12. The summed E-state index contributed by atoms with van der Waals surface area (Å²) in [4.78, 5) is 8.24. The van der Waals surface area contributed by atoms with Crippen LogP contribution in [0.1, 0.15) is 81.1 Å². The molecule has 2 atom stereocenters. The van der Waals surface area contributed by atoms with Crippen molar-refractivity contribution in [2.24, 2.45) is 5.73 Å². The second-order valence-electron chi connectivity index (χ2n) is 6.18. The molecule has 0 radical (unpaired) electrons. The minimum Gasteiger partial charge on any atom is -0.345 e. The summed E-state index contributed by atoms with van der Waals surface area (Å²) in [5.41, 5.74) is 7.45. The van der Waals surface area contributed by atoms with Gasteiger partial charge in [0.15, 0.2) is 0 Å². The van der Waals surface area contributed by atoms with Crippen molar-refractivity contribution in [3.63, 3.8) is 0 Å². The van der Waals surface area contributed by atoms with Crippen LogP contribution in [0.3, 0.4) is 0 Å². The van der Waals surface area contributed by atoms with Crippen LogP contribution in [0, 0.1) is 0 Å². The first kappa shape index (κ1) is 12.2. The van der Waals surface area contributed by atoms with Gasteiger partial charge in [-0.1, -0.05) is 25.7 Å². The number of nitrogens with one attached hydrogen (secondary N) is 1. The van der Waals surface area contributed by atoms with Gasteiger partial charge in [0.25, 0.3) is 0 Å². The summed E-state index contributed by atoms with van der Waals surface area (Å²) in [7, 11) is 0. The van der Waals surface area contributed by atoms with Crippen LogP contribution in [0.4, 0.5) is 0 Å². The molecular formula is C15H25N3. The number of imidazole rings is 1. The maximum absolute atomic E-state index is 6.07. The van der Waals surface area contributed by atoms with E-state index >= 15 is 0 Å². The van der Waals surface area contributed by atoms with Crippen molar-refractivity contribution in [2.45, 2.75) is 75.7 Å². The van der Waals surface area contributed by atoms with E-state index in [1.165, 1.54) is 62.9 Å². The predicted octanol–water partition coefficient (Wildman–Crippen LogP) is 3.44.